The van der Waals surface area contributed by atoms with Crippen LogP contribution in [0, 0.1) is 26.6 Å². The summed E-state index contributed by atoms with van der Waals surface area (Å²) < 4.78 is 48.1. The highest BCUT2D eigenvalue weighted by Gasteiger charge is 2.62. The Morgan fingerprint density at radius 2 is 1.64 bits per heavy atom. The molecule has 0 aromatic heterocycles. The van der Waals surface area contributed by atoms with Crippen molar-refractivity contribution in [3.8, 4) is 5.75 Å². The standard InChI is InChI=1S/C36H42FN3O6S/c1-7-15-35(16-8-2,33(42)40-47(6,44)45)46-30-14-10-21(3)17-26(30)28-20-31(41)39-32(25-19-24(37)12-11-23(25)5)36(28)27-13-9-22(4)18-29(27)38-34(36)43/h9-14,17-19,28,32H,7-8,15-16,20H2,1-6H3,(H,38,43)(H,39,41)(H,40,42)/t28-,32+,36-/m1/s1. The first-order chi connectivity index (χ1) is 22.1. The molecule has 1 spiro atoms. The van der Waals surface area contributed by atoms with Gasteiger partial charge < -0.3 is 15.4 Å². The molecule has 9 nitrogen and oxygen atoms in total. The Kier molecular flexibility index (Phi) is 9.25. The Bertz CT molecular complexity index is 1850. The lowest BCUT2D eigenvalue weighted by atomic mass is 9.58. The second kappa shape index (κ2) is 12.7. The predicted octanol–water partition coefficient (Wildman–Crippen LogP) is 5.78. The van der Waals surface area contributed by atoms with Crippen LogP contribution in [-0.4, -0.2) is 38.0 Å². The van der Waals surface area contributed by atoms with Crippen molar-refractivity contribution in [2.24, 2.45) is 0 Å². The molecule has 0 unspecified atom stereocenters. The highest BCUT2D eigenvalue weighted by molar-refractivity contribution is 7.89. The van der Waals surface area contributed by atoms with Gasteiger partial charge in [-0.25, -0.2) is 17.5 Å². The fraction of sp³-hybridized carbons (Fsp3) is 0.417. The Hall–Kier alpha value is -4.25. The summed E-state index contributed by atoms with van der Waals surface area (Å²) in [6.45, 7) is 9.37. The zero-order valence-electron chi connectivity index (χ0n) is 27.6. The normalized spacial score (nSPS) is 20.8. The number of ether oxygens (including phenoxy) is 1. The predicted molar refractivity (Wildman–Crippen MR) is 178 cm³/mol. The number of fused-ring (bicyclic) bond motifs is 2. The van der Waals surface area contributed by atoms with Crippen LogP contribution in [0.25, 0.3) is 0 Å². The molecule has 2 heterocycles. The number of sulfonamides is 1. The topological polar surface area (TPSA) is 131 Å². The summed E-state index contributed by atoms with van der Waals surface area (Å²) in [5, 5.41) is 6.11. The molecule has 5 rings (SSSR count). The van der Waals surface area contributed by atoms with Crippen LogP contribution >= 0.6 is 0 Å². The molecule has 1 saturated heterocycles. The summed E-state index contributed by atoms with van der Waals surface area (Å²) in [5.74, 6) is -2.52. The second-order valence-corrected chi connectivity index (χ2v) is 14.7. The molecule has 3 atom stereocenters. The van der Waals surface area contributed by atoms with Gasteiger partial charge in [0.25, 0.3) is 5.91 Å². The highest BCUT2D eigenvalue weighted by atomic mass is 32.2. The summed E-state index contributed by atoms with van der Waals surface area (Å²) in [6.07, 6.45) is 2.30. The largest absolute Gasteiger partial charge is 0.477 e. The first kappa shape index (κ1) is 34.1. The van der Waals surface area contributed by atoms with Gasteiger partial charge in [-0.1, -0.05) is 62.6 Å². The fourth-order valence-electron chi connectivity index (χ4n) is 7.40. The van der Waals surface area contributed by atoms with E-state index in [1.54, 1.807) is 12.1 Å². The van der Waals surface area contributed by atoms with Crippen molar-refractivity contribution in [2.45, 2.75) is 89.7 Å². The van der Waals surface area contributed by atoms with Crippen molar-refractivity contribution in [2.75, 3.05) is 11.6 Å². The van der Waals surface area contributed by atoms with E-state index < -0.39 is 44.7 Å². The number of carbonyl (C=O) groups is 3. The van der Waals surface area contributed by atoms with Gasteiger partial charge in [-0.2, -0.15) is 0 Å². The first-order valence-electron chi connectivity index (χ1n) is 15.9. The lowest BCUT2D eigenvalue weighted by Crippen LogP contribution is -2.57. The van der Waals surface area contributed by atoms with Crippen LogP contribution in [0.5, 0.6) is 5.75 Å². The third-order valence-electron chi connectivity index (χ3n) is 9.34. The Labute approximate surface area is 275 Å². The number of amides is 3. The number of aryl methyl sites for hydroxylation is 3. The Balaban J connectivity index is 1.79. The summed E-state index contributed by atoms with van der Waals surface area (Å²) in [7, 11) is -3.90. The number of halogens is 1. The van der Waals surface area contributed by atoms with Gasteiger partial charge >= 0.3 is 0 Å². The third kappa shape index (κ3) is 6.25. The van der Waals surface area contributed by atoms with E-state index in [4.69, 9.17) is 4.74 Å². The van der Waals surface area contributed by atoms with E-state index in [1.165, 1.54) is 12.1 Å². The van der Waals surface area contributed by atoms with Gasteiger partial charge in [0, 0.05) is 18.0 Å². The van der Waals surface area contributed by atoms with Crippen molar-refractivity contribution in [1.82, 2.24) is 10.0 Å². The van der Waals surface area contributed by atoms with Crippen LogP contribution in [0.2, 0.25) is 0 Å². The number of rotatable bonds is 10. The van der Waals surface area contributed by atoms with Gasteiger partial charge in [-0.15, -0.1) is 0 Å². The van der Waals surface area contributed by atoms with Gasteiger partial charge in [0.15, 0.2) is 5.60 Å². The molecule has 1 fully saturated rings. The number of benzene rings is 3. The van der Waals surface area contributed by atoms with E-state index in [9.17, 15) is 27.2 Å². The second-order valence-electron chi connectivity index (χ2n) is 13.0. The third-order valence-corrected chi connectivity index (χ3v) is 9.90. The summed E-state index contributed by atoms with van der Waals surface area (Å²) in [5.41, 5.74) is 1.72. The zero-order chi connectivity index (χ0) is 34.3. The molecule has 0 radical (unpaired) electrons. The molecule has 3 aromatic rings. The van der Waals surface area contributed by atoms with Gasteiger partial charge in [-0.05, 0) is 85.7 Å². The first-order valence-corrected chi connectivity index (χ1v) is 17.8. The summed E-state index contributed by atoms with van der Waals surface area (Å²) in [6, 6.07) is 14.4. The minimum Gasteiger partial charge on any atom is -0.477 e. The van der Waals surface area contributed by atoms with E-state index >= 15 is 0 Å². The molecule has 0 saturated carbocycles. The number of hydrogen-bond donors (Lipinski definition) is 3. The molecule has 11 heteroatoms. The average molecular weight is 664 g/mol. The van der Waals surface area contributed by atoms with Gasteiger partial charge in [0.05, 0.1) is 12.3 Å². The molecular formula is C36H42FN3O6S. The number of nitrogens with one attached hydrogen (secondary N) is 3. The zero-order valence-corrected chi connectivity index (χ0v) is 28.4. The van der Waals surface area contributed by atoms with Crippen LogP contribution in [0.1, 0.15) is 91.3 Å². The summed E-state index contributed by atoms with van der Waals surface area (Å²) in [4.78, 5) is 42.0. The minimum atomic E-state index is -3.90. The van der Waals surface area contributed by atoms with Crippen LogP contribution in [0.15, 0.2) is 54.6 Å². The molecular weight excluding hydrogens is 621 g/mol. The lowest BCUT2D eigenvalue weighted by Gasteiger charge is -2.47. The molecule has 3 N–H and O–H groups in total. The quantitative estimate of drug-likeness (QED) is 0.252. The lowest BCUT2D eigenvalue weighted by molar-refractivity contribution is -0.137. The molecule has 0 bridgehead atoms. The van der Waals surface area contributed by atoms with Crippen molar-refractivity contribution in [3.05, 3.63) is 93.8 Å². The van der Waals surface area contributed by atoms with E-state index in [0.717, 1.165) is 17.4 Å². The Morgan fingerprint density at radius 3 is 2.30 bits per heavy atom. The van der Waals surface area contributed by atoms with Crippen LogP contribution in [-0.2, 0) is 29.8 Å². The van der Waals surface area contributed by atoms with Crippen LogP contribution in [0.3, 0.4) is 0 Å². The van der Waals surface area contributed by atoms with Crippen LogP contribution in [0.4, 0.5) is 10.1 Å². The SMILES string of the molecule is CCCC(CCC)(Oc1ccc(C)cc1[C@H]1CC(=O)N[C@@H](c2cc(F)ccc2C)[C@]12C(=O)Nc1cc(C)ccc12)C(=O)NS(C)(=O)=O. The van der Waals surface area contributed by atoms with Crippen LogP contribution < -0.4 is 20.1 Å². The maximum atomic E-state index is 14.9. The van der Waals surface area contributed by atoms with E-state index in [0.29, 0.717) is 40.8 Å². The monoisotopic (exact) mass is 663 g/mol. The Morgan fingerprint density at radius 1 is 0.979 bits per heavy atom. The maximum absolute atomic E-state index is 14.9. The molecule has 3 amide bonds. The van der Waals surface area contributed by atoms with Crippen molar-refractivity contribution in [1.29, 1.82) is 0 Å². The molecule has 0 aliphatic carbocycles. The fourth-order valence-corrected chi connectivity index (χ4v) is 7.92. The maximum Gasteiger partial charge on any atom is 0.277 e. The number of hydrogen-bond acceptors (Lipinski definition) is 6. The molecule has 250 valence electrons. The van der Waals surface area contributed by atoms with Crippen molar-refractivity contribution in [3.63, 3.8) is 0 Å². The molecule has 47 heavy (non-hydrogen) atoms. The number of carbonyl (C=O) groups excluding carboxylic acids is 3. The van der Waals surface area contributed by atoms with Gasteiger partial charge in [0.2, 0.25) is 21.8 Å². The minimum absolute atomic E-state index is 0.102. The average Bonchev–Trinajstić information content (AvgIpc) is 3.26. The van der Waals surface area contributed by atoms with E-state index in [1.807, 2.05) is 65.0 Å². The molecule has 2 aliphatic heterocycles. The molecule has 2 aliphatic rings. The van der Waals surface area contributed by atoms with Crippen molar-refractivity contribution >= 4 is 33.4 Å². The van der Waals surface area contributed by atoms with E-state index in [-0.39, 0.29) is 36.8 Å². The van der Waals surface area contributed by atoms with Gasteiger partial charge in [-0.3, -0.25) is 14.4 Å². The number of piperidine rings is 1. The smallest absolute Gasteiger partial charge is 0.277 e. The van der Waals surface area contributed by atoms with Gasteiger partial charge in [0.1, 0.15) is 17.0 Å². The number of anilines is 1. The summed E-state index contributed by atoms with van der Waals surface area (Å²) >= 11 is 0. The molecule has 3 aromatic carbocycles. The highest BCUT2D eigenvalue weighted by Crippen LogP contribution is 2.59. The van der Waals surface area contributed by atoms with Crippen molar-refractivity contribution < 1.29 is 31.9 Å². The van der Waals surface area contributed by atoms with E-state index in [2.05, 4.69) is 15.4 Å².